The highest BCUT2D eigenvalue weighted by molar-refractivity contribution is 7.89. The molecular formula is C16H20N4O5S. The fourth-order valence-corrected chi connectivity index (χ4v) is 4.32. The number of carbonyl (C=O) groups is 1. The van der Waals surface area contributed by atoms with Crippen molar-refractivity contribution in [2.45, 2.75) is 24.8 Å². The highest BCUT2D eigenvalue weighted by atomic mass is 32.2. The molecule has 0 saturated carbocycles. The average molecular weight is 380 g/mol. The van der Waals surface area contributed by atoms with Crippen LogP contribution in [0.1, 0.15) is 19.2 Å². The molecule has 0 spiro atoms. The second-order valence-electron chi connectivity index (χ2n) is 6.51. The van der Waals surface area contributed by atoms with Gasteiger partial charge in [-0.15, -0.1) is 0 Å². The number of aromatic nitrogens is 3. The highest BCUT2D eigenvalue weighted by Gasteiger charge is 2.44. The minimum absolute atomic E-state index is 0.0327. The Kier molecular flexibility index (Phi) is 4.72. The number of aryl methyl sites for hydroxylation is 1. The van der Waals surface area contributed by atoms with Gasteiger partial charge in [-0.25, -0.2) is 13.4 Å². The normalized spacial score (nSPS) is 21.0. The van der Waals surface area contributed by atoms with Crippen LogP contribution in [0.4, 0.5) is 0 Å². The SMILES string of the molecule is Cn1ncnc1COc1ccc(S(=O)(=O)N2CCC(C)(C(=O)O)C2)cc1. The summed E-state index contributed by atoms with van der Waals surface area (Å²) in [5.41, 5.74) is -1.05. The molecule has 0 radical (unpaired) electrons. The molecule has 1 atom stereocenters. The van der Waals surface area contributed by atoms with Crippen LogP contribution < -0.4 is 4.74 Å². The maximum Gasteiger partial charge on any atom is 0.310 e. The minimum atomic E-state index is -3.74. The van der Waals surface area contributed by atoms with E-state index in [1.54, 1.807) is 30.8 Å². The Labute approximate surface area is 151 Å². The van der Waals surface area contributed by atoms with E-state index >= 15 is 0 Å². The first-order chi connectivity index (χ1) is 12.2. The van der Waals surface area contributed by atoms with Crippen molar-refractivity contribution in [1.29, 1.82) is 0 Å². The van der Waals surface area contributed by atoms with Gasteiger partial charge in [0.25, 0.3) is 0 Å². The lowest BCUT2D eigenvalue weighted by Crippen LogP contribution is -2.34. The molecule has 10 heteroatoms. The molecule has 26 heavy (non-hydrogen) atoms. The molecule has 2 heterocycles. The third-order valence-electron chi connectivity index (χ3n) is 4.59. The summed E-state index contributed by atoms with van der Waals surface area (Å²) in [6.45, 7) is 1.94. The summed E-state index contributed by atoms with van der Waals surface area (Å²) < 4.78 is 33.8. The largest absolute Gasteiger partial charge is 0.486 e. The van der Waals surface area contributed by atoms with Crippen molar-refractivity contribution in [2.24, 2.45) is 12.5 Å². The van der Waals surface area contributed by atoms with Crippen molar-refractivity contribution in [3.63, 3.8) is 0 Å². The van der Waals surface area contributed by atoms with Crippen LogP contribution in [0.5, 0.6) is 5.75 Å². The van der Waals surface area contributed by atoms with E-state index in [0.717, 1.165) is 0 Å². The molecule has 1 aliphatic heterocycles. The van der Waals surface area contributed by atoms with Gasteiger partial charge in [-0.05, 0) is 37.6 Å². The molecular weight excluding hydrogens is 360 g/mol. The van der Waals surface area contributed by atoms with Gasteiger partial charge in [0.15, 0.2) is 5.82 Å². The zero-order valence-corrected chi connectivity index (χ0v) is 15.3. The molecule has 1 aliphatic rings. The summed E-state index contributed by atoms with van der Waals surface area (Å²) in [7, 11) is -1.98. The molecule has 1 unspecified atom stereocenters. The average Bonchev–Trinajstić information content (AvgIpc) is 3.20. The Morgan fingerprint density at radius 1 is 1.35 bits per heavy atom. The van der Waals surface area contributed by atoms with Gasteiger partial charge in [0.1, 0.15) is 18.7 Å². The van der Waals surface area contributed by atoms with E-state index in [9.17, 15) is 18.3 Å². The van der Waals surface area contributed by atoms with Crippen LogP contribution in [-0.4, -0.2) is 51.7 Å². The Morgan fingerprint density at radius 2 is 2.04 bits per heavy atom. The van der Waals surface area contributed by atoms with Gasteiger partial charge in [0.05, 0.1) is 10.3 Å². The van der Waals surface area contributed by atoms with Crippen molar-refractivity contribution in [3.05, 3.63) is 36.4 Å². The van der Waals surface area contributed by atoms with E-state index in [2.05, 4.69) is 10.1 Å². The van der Waals surface area contributed by atoms with Crippen molar-refractivity contribution in [2.75, 3.05) is 13.1 Å². The number of nitrogens with zero attached hydrogens (tertiary/aromatic N) is 4. The highest BCUT2D eigenvalue weighted by Crippen LogP contribution is 2.34. The minimum Gasteiger partial charge on any atom is -0.486 e. The Balaban J connectivity index is 1.69. The molecule has 0 amide bonds. The molecule has 1 saturated heterocycles. The fourth-order valence-electron chi connectivity index (χ4n) is 2.75. The molecule has 140 valence electrons. The van der Waals surface area contributed by atoms with Crippen LogP contribution in [0.15, 0.2) is 35.5 Å². The van der Waals surface area contributed by atoms with E-state index in [-0.39, 0.29) is 24.6 Å². The molecule has 0 bridgehead atoms. The zero-order chi connectivity index (χ0) is 18.9. The van der Waals surface area contributed by atoms with Crippen molar-refractivity contribution >= 4 is 16.0 Å². The molecule has 2 aromatic rings. The predicted octanol–water partition coefficient (Wildman–Crippen LogP) is 0.879. The van der Waals surface area contributed by atoms with E-state index in [0.29, 0.717) is 18.0 Å². The zero-order valence-electron chi connectivity index (χ0n) is 14.5. The smallest absolute Gasteiger partial charge is 0.310 e. The molecule has 1 aromatic heterocycles. The summed E-state index contributed by atoms with van der Waals surface area (Å²) >= 11 is 0. The summed E-state index contributed by atoms with van der Waals surface area (Å²) in [6.07, 6.45) is 1.72. The number of carboxylic acid groups (broad SMARTS) is 1. The van der Waals surface area contributed by atoms with Gasteiger partial charge in [-0.3, -0.25) is 9.48 Å². The summed E-state index contributed by atoms with van der Waals surface area (Å²) in [6, 6.07) is 6.04. The fraction of sp³-hybridized carbons (Fsp3) is 0.438. The van der Waals surface area contributed by atoms with Gasteiger partial charge in [-0.2, -0.15) is 9.40 Å². The number of ether oxygens (including phenoxy) is 1. The summed E-state index contributed by atoms with van der Waals surface area (Å²) in [5, 5.41) is 13.2. The van der Waals surface area contributed by atoms with Crippen molar-refractivity contribution in [3.8, 4) is 5.75 Å². The maximum absolute atomic E-state index is 12.7. The van der Waals surface area contributed by atoms with E-state index in [1.165, 1.54) is 22.8 Å². The monoisotopic (exact) mass is 380 g/mol. The number of sulfonamides is 1. The van der Waals surface area contributed by atoms with E-state index in [1.807, 2.05) is 0 Å². The molecule has 1 aromatic carbocycles. The topological polar surface area (TPSA) is 115 Å². The number of hydrogen-bond donors (Lipinski definition) is 1. The second-order valence-corrected chi connectivity index (χ2v) is 8.45. The van der Waals surface area contributed by atoms with E-state index < -0.39 is 21.4 Å². The standard InChI is InChI=1S/C16H20N4O5S/c1-16(15(21)22)7-8-20(10-16)26(23,24)13-5-3-12(4-6-13)25-9-14-17-11-18-19(14)2/h3-6,11H,7-10H2,1-2H3,(H,21,22). The van der Waals surface area contributed by atoms with Crippen molar-refractivity contribution in [1.82, 2.24) is 19.1 Å². The van der Waals surface area contributed by atoms with Gasteiger partial charge in [0.2, 0.25) is 10.0 Å². The molecule has 1 fully saturated rings. The van der Waals surface area contributed by atoms with Crippen LogP contribution in [0.3, 0.4) is 0 Å². The Morgan fingerprint density at radius 3 is 2.58 bits per heavy atom. The second kappa shape index (κ2) is 6.69. The molecule has 0 aliphatic carbocycles. The van der Waals surface area contributed by atoms with Crippen LogP contribution in [-0.2, 0) is 28.5 Å². The summed E-state index contributed by atoms with van der Waals surface area (Å²) in [5.74, 6) is 0.165. The van der Waals surface area contributed by atoms with Gasteiger partial charge in [-0.1, -0.05) is 0 Å². The van der Waals surface area contributed by atoms with Gasteiger partial charge >= 0.3 is 5.97 Å². The lowest BCUT2D eigenvalue weighted by molar-refractivity contribution is -0.146. The number of hydrogen-bond acceptors (Lipinski definition) is 6. The number of rotatable bonds is 6. The molecule has 9 nitrogen and oxygen atoms in total. The number of benzene rings is 1. The summed E-state index contributed by atoms with van der Waals surface area (Å²) in [4.78, 5) is 15.5. The third-order valence-corrected chi connectivity index (χ3v) is 6.45. The van der Waals surface area contributed by atoms with Crippen LogP contribution in [0, 0.1) is 5.41 Å². The van der Waals surface area contributed by atoms with Crippen molar-refractivity contribution < 1.29 is 23.1 Å². The van der Waals surface area contributed by atoms with Crippen LogP contribution >= 0.6 is 0 Å². The quantitative estimate of drug-likeness (QED) is 0.791. The maximum atomic E-state index is 12.7. The third kappa shape index (κ3) is 3.42. The first kappa shape index (κ1) is 18.3. The number of aliphatic carboxylic acids is 1. The lowest BCUT2D eigenvalue weighted by atomic mass is 9.90. The van der Waals surface area contributed by atoms with E-state index in [4.69, 9.17) is 4.74 Å². The first-order valence-corrected chi connectivity index (χ1v) is 9.46. The van der Waals surface area contributed by atoms with Gasteiger partial charge < -0.3 is 9.84 Å². The predicted molar refractivity (Wildman–Crippen MR) is 90.9 cm³/mol. The number of carboxylic acids is 1. The molecule has 1 N–H and O–H groups in total. The van der Waals surface area contributed by atoms with Crippen LogP contribution in [0.25, 0.3) is 0 Å². The van der Waals surface area contributed by atoms with Crippen LogP contribution in [0.2, 0.25) is 0 Å². The Bertz CT molecular complexity index is 909. The van der Waals surface area contributed by atoms with Gasteiger partial charge in [0, 0.05) is 20.1 Å². The molecule has 3 rings (SSSR count). The lowest BCUT2D eigenvalue weighted by Gasteiger charge is -2.20. The first-order valence-electron chi connectivity index (χ1n) is 8.02. The Hall–Kier alpha value is -2.46.